The second-order valence-corrected chi connectivity index (χ2v) is 3.84. The lowest BCUT2D eigenvalue weighted by molar-refractivity contribution is -0.129. The molecule has 0 saturated carbocycles. The summed E-state index contributed by atoms with van der Waals surface area (Å²) >= 11 is 0. The lowest BCUT2D eigenvalue weighted by atomic mass is 9.88. The molecule has 1 aromatic carbocycles. The minimum Gasteiger partial charge on any atom is -0.317 e. The third-order valence-corrected chi connectivity index (χ3v) is 2.46. The molecule has 3 N–H and O–H groups in total. The summed E-state index contributed by atoms with van der Waals surface area (Å²) in [5, 5.41) is 10.2. The maximum atomic E-state index is 11.6. The van der Waals surface area contributed by atoms with Crippen LogP contribution < -0.4 is 10.8 Å². The monoisotopic (exact) mass is 192 g/mol. The number of hydrogen-bond acceptors (Lipinski definition) is 3. The zero-order chi connectivity index (χ0) is 10.3. The summed E-state index contributed by atoms with van der Waals surface area (Å²) in [6, 6.07) is 7.19. The van der Waals surface area contributed by atoms with Gasteiger partial charge in [0.05, 0.1) is 11.2 Å². The highest BCUT2D eigenvalue weighted by molar-refractivity contribution is 6.00. The standard InChI is InChI=1S/C10H12N2O2/c1-10(11)6-7-4-2-3-5-8(7)12(14)9(10)13/h2-5,14H,6,11H2,1H3. The number of anilines is 1. The van der Waals surface area contributed by atoms with E-state index in [0.29, 0.717) is 17.2 Å². The molecular weight excluding hydrogens is 180 g/mol. The largest absolute Gasteiger partial charge is 0.317 e. The minimum atomic E-state index is -1.01. The SMILES string of the molecule is CC1(N)Cc2ccccc2N(O)C1=O. The van der Waals surface area contributed by atoms with Crippen molar-refractivity contribution in [3.05, 3.63) is 29.8 Å². The Morgan fingerprint density at radius 1 is 1.50 bits per heavy atom. The molecule has 0 radical (unpaired) electrons. The lowest BCUT2D eigenvalue weighted by Gasteiger charge is -2.34. The normalized spacial score (nSPS) is 26.2. The van der Waals surface area contributed by atoms with Gasteiger partial charge < -0.3 is 5.73 Å². The fraction of sp³-hybridized carbons (Fsp3) is 0.300. The number of benzene rings is 1. The molecule has 0 saturated heterocycles. The van der Waals surface area contributed by atoms with E-state index in [1.807, 2.05) is 12.1 Å². The van der Waals surface area contributed by atoms with Crippen LogP contribution in [0.15, 0.2) is 24.3 Å². The molecule has 74 valence electrons. The van der Waals surface area contributed by atoms with Crippen LogP contribution in [0.2, 0.25) is 0 Å². The lowest BCUT2D eigenvalue weighted by Crippen LogP contribution is -2.57. The third-order valence-electron chi connectivity index (χ3n) is 2.46. The molecule has 1 heterocycles. The number of hydroxylamine groups is 1. The number of amides is 1. The summed E-state index contributed by atoms with van der Waals surface area (Å²) in [7, 11) is 0. The highest BCUT2D eigenvalue weighted by Gasteiger charge is 2.38. The molecular formula is C10H12N2O2. The van der Waals surface area contributed by atoms with Crippen LogP contribution in [0.25, 0.3) is 0 Å². The van der Waals surface area contributed by atoms with Crippen molar-refractivity contribution >= 4 is 11.6 Å². The first kappa shape index (κ1) is 9.18. The van der Waals surface area contributed by atoms with Crippen LogP contribution in [0.4, 0.5) is 5.69 Å². The van der Waals surface area contributed by atoms with Crippen molar-refractivity contribution in [2.75, 3.05) is 5.06 Å². The third kappa shape index (κ3) is 1.20. The molecule has 1 unspecified atom stereocenters. The van der Waals surface area contributed by atoms with Crippen LogP contribution in [-0.2, 0) is 11.2 Å². The number of rotatable bonds is 0. The van der Waals surface area contributed by atoms with Crippen molar-refractivity contribution < 1.29 is 10.0 Å². The summed E-state index contributed by atoms with van der Waals surface area (Å²) in [6.45, 7) is 1.62. The Labute approximate surface area is 81.9 Å². The second-order valence-electron chi connectivity index (χ2n) is 3.84. The van der Waals surface area contributed by atoms with Crippen LogP contribution in [0, 0.1) is 0 Å². The van der Waals surface area contributed by atoms with Crippen molar-refractivity contribution in [2.45, 2.75) is 18.9 Å². The van der Waals surface area contributed by atoms with Gasteiger partial charge in [0.25, 0.3) is 5.91 Å². The number of carbonyl (C=O) groups is 1. The second kappa shape index (κ2) is 2.80. The van der Waals surface area contributed by atoms with E-state index >= 15 is 0 Å². The first-order valence-corrected chi connectivity index (χ1v) is 4.42. The first-order chi connectivity index (χ1) is 6.52. The number of carbonyl (C=O) groups excluding carboxylic acids is 1. The maximum absolute atomic E-state index is 11.6. The molecule has 1 aliphatic rings. The summed E-state index contributed by atoms with van der Waals surface area (Å²) in [5.74, 6) is -0.462. The Morgan fingerprint density at radius 3 is 2.86 bits per heavy atom. The molecule has 4 nitrogen and oxygen atoms in total. The van der Waals surface area contributed by atoms with Gasteiger partial charge in [-0.3, -0.25) is 10.0 Å². The van der Waals surface area contributed by atoms with Gasteiger partial charge >= 0.3 is 0 Å². The smallest absolute Gasteiger partial charge is 0.270 e. The van der Waals surface area contributed by atoms with E-state index in [-0.39, 0.29) is 0 Å². The van der Waals surface area contributed by atoms with Gasteiger partial charge in [0.2, 0.25) is 0 Å². The van der Waals surface area contributed by atoms with Crippen molar-refractivity contribution in [3.63, 3.8) is 0 Å². The van der Waals surface area contributed by atoms with E-state index in [9.17, 15) is 10.0 Å². The Balaban J connectivity index is 2.53. The fourth-order valence-electron chi connectivity index (χ4n) is 1.69. The Morgan fingerprint density at radius 2 is 2.14 bits per heavy atom. The maximum Gasteiger partial charge on any atom is 0.270 e. The van der Waals surface area contributed by atoms with Crippen LogP contribution in [0.1, 0.15) is 12.5 Å². The van der Waals surface area contributed by atoms with Gasteiger partial charge in [-0.15, -0.1) is 0 Å². The molecule has 0 bridgehead atoms. The zero-order valence-electron chi connectivity index (χ0n) is 7.90. The summed E-state index contributed by atoms with van der Waals surface area (Å²) in [6.07, 6.45) is 0.457. The van der Waals surface area contributed by atoms with Crippen LogP contribution in [-0.4, -0.2) is 16.7 Å². The molecule has 0 aromatic heterocycles. The predicted molar refractivity (Wildman–Crippen MR) is 52.0 cm³/mol. The Hall–Kier alpha value is -1.39. The van der Waals surface area contributed by atoms with Gasteiger partial charge in [0, 0.05) is 6.42 Å². The number of para-hydroxylation sites is 1. The molecule has 1 aliphatic heterocycles. The Kier molecular flexibility index (Phi) is 1.83. The van der Waals surface area contributed by atoms with Gasteiger partial charge in [-0.1, -0.05) is 18.2 Å². The summed E-state index contributed by atoms with van der Waals surface area (Å²) < 4.78 is 0. The zero-order valence-corrected chi connectivity index (χ0v) is 7.90. The van der Waals surface area contributed by atoms with Gasteiger partial charge in [-0.25, -0.2) is 0 Å². The average molecular weight is 192 g/mol. The average Bonchev–Trinajstić information content (AvgIpc) is 2.14. The van der Waals surface area contributed by atoms with Crippen LogP contribution in [0.3, 0.4) is 0 Å². The molecule has 0 spiro atoms. The molecule has 1 amide bonds. The number of hydrogen-bond donors (Lipinski definition) is 2. The van der Waals surface area contributed by atoms with Crippen LogP contribution >= 0.6 is 0 Å². The Bertz CT molecular complexity index is 387. The molecule has 2 rings (SSSR count). The topological polar surface area (TPSA) is 66.6 Å². The minimum absolute atomic E-state index is 0.457. The van der Waals surface area contributed by atoms with E-state index in [1.54, 1.807) is 19.1 Å². The number of nitrogens with zero attached hydrogens (tertiary/aromatic N) is 1. The summed E-state index contributed by atoms with van der Waals surface area (Å²) in [4.78, 5) is 11.6. The van der Waals surface area contributed by atoms with Gasteiger partial charge in [-0.05, 0) is 18.6 Å². The van der Waals surface area contributed by atoms with E-state index in [1.165, 1.54) is 0 Å². The molecule has 0 fully saturated rings. The molecule has 0 aliphatic carbocycles. The molecule has 1 aromatic rings. The van der Waals surface area contributed by atoms with Gasteiger partial charge in [-0.2, -0.15) is 5.06 Å². The number of nitrogens with two attached hydrogens (primary N) is 1. The van der Waals surface area contributed by atoms with Crippen molar-refractivity contribution in [3.8, 4) is 0 Å². The fourth-order valence-corrected chi connectivity index (χ4v) is 1.69. The van der Waals surface area contributed by atoms with Crippen molar-refractivity contribution in [1.82, 2.24) is 0 Å². The van der Waals surface area contributed by atoms with Crippen molar-refractivity contribution in [2.24, 2.45) is 5.73 Å². The predicted octanol–water partition coefficient (Wildman–Crippen LogP) is 0.682. The van der Waals surface area contributed by atoms with Gasteiger partial charge in [0.15, 0.2) is 0 Å². The van der Waals surface area contributed by atoms with E-state index in [4.69, 9.17) is 5.73 Å². The van der Waals surface area contributed by atoms with E-state index in [2.05, 4.69) is 0 Å². The molecule has 4 heteroatoms. The highest BCUT2D eigenvalue weighted by Crippen LogP contribution is 2.29. The van der Waals surface area contributed by atoms with E-state index in [0.717, 1.165) is 5.56 Å². The molecule has 14 heavy (non-hydrogen) atoms. The van der Waals surface area contributed by atoms with Crippen molar-refractivity contribution in [1.29, 1.82) is 0 Å². The highest BCUT2D eigenvalue weighted by atomic mass is 16.5. The summed E-state index contributed by atoms with van der Waals surface area (Å²) in [5.41, 5.74) is 6.18. The molecule has 1 atom stereocenters. The van der Waals surface area contributed by atoms with Crippen LogP contribution in [0.5, 0.6) is 0 Å². The number of fused-ring (bicyclic) bond motifs is 1. The first-order valence-electron chi connectivity index (χ1n) is 4.42. The van der Waals surface area contributed by atoms with E-state index < -0.39 is 11.4 Å². The quantitative estimate of drug-likeness (QED) is 0.594. The van der Waals surface area contributed by atoms with Gasteiger partial charge in [0.1, 0.15) is 0 Å².